The quantitative estimate of drug-likeness (QED) is 0.583. The van der Waals surface area contributed by atoms with E-state index in [4.69, 9.17) is 0 Å². The SMILES string of the molecule is CCSc1ccc(C(=O)c2cc(C)c(C)cc2C)cc1. The summed E-state index contributed by atoms with van der Waals surface area (Å²) >= 11 is 1.79. The number of hydrogen-bond acceptors (Lipinski definition) is 2. The van der Waals surface area contributed by atoms with Crippen LogP contribution < -0.4 is 0 Å². The molecule has 0 fully saturated rings. The predicted molar refractivity (Wildman–Crippen MR) is 86.9 cm³/mol. The molecule has 1 nitrogen and oxygen atoms in total. The van der Waals surface area contributed by atoms with Crippen molar-refractivity contribution >= 4 is 17.5 Å². The fraction of sp³-hybridized carbons (Fsp3) is 0.278. The molecular weight excluding hydrogens is 264 g/mol. The molecule has 104 valence electrons. The Labute approximate surface area is 125 Å². The van der Waals surface area contributed by atoms with Crippen molar-refractivity contribution in [1.29, 1.82) is 0 Å². The highest BCUT2D eigenvalue weighted by atomic mass is 32.2. The van der Waals surface area contributed by atoms with Crippen molar-refractivity contribution in [3.05, 3.63) is 64.2 Å². The van der Waals surface area contributed by atoms with Crippen molar-refractivity contribution in [1.82, 2.24) is 0 Å². The maximum atomic E-state index is 12.6. The average Bonchev–Trinajstić information content (AvgIpc) is 2.43. The van der Waals surface area contributed by atoms with E-state index in [2.05, 4.69) is 19.9 Å². The van der Waals surface area contributed by atoms with Crippen LogP contribution in [0.25, 0.3) is 0 Å². The Morgan fingerprint density at radius 2 is 1.55 bits per heavy atom. The van der Waals surface area contributed by atoms with E-state index in [1.165, 1.54) is 10.5 Å². The van der Waals surface area contributed by atoms with Crippen LogP contribution in [0.1, 0.15) is 39.5 Å². The van der Waals surface area contributed by atoms with Crippen molar-refractivity contribution in [2.24, 2.45) is 0 Å². The second kappa shape index (κ2) is 6.27. The molecule has 2 heteroatoms. The highest BCUT2D eigenvalue weighted by Crippen LogP contribution is 2.22. The molecule has 2 aromatic rings. The van der Waals surface area contributed by atoms with Gasteiger partial charge in [-0.25, -0.2) is 0 Å². The number of ketones is 1. The van der Waals surface area contributed by atoms with Gasteiger partial charge in [-0.2, -0.15) is 0 Å². The summed E-state index contributed by atoms with van der Waals surface area (Å²) in [7, 11) is 0. The normalized spacial score (nSPS) is 10.6. The molecule has 20 heavy (non-hydrogen) atoms. The monoisotopic (exact) mass is 284 g/mol. The molecule has 0 unspecified atom stereocenters. The van der Waals surface area contributed by atoms with Gasteiger partial charge >= 0.3 is 0 Å². The molecule has 0 aliphatic carbocycles. The zero-order valence-electron chi connectivity index (χ0n) is 12.5. The maximum Gasteiger partial charge on any atom is 0.193 e. The number of benzene rings is 2. The van der Waals surface area contributed by atoms with E-state index in [-0.39, 0.29) is 5.78 Å². The molecular formula is C18H20OS. The Hall–Kier alpha value is -1.54. The molecule has 0 aliphatic heterocycles. The molecule has 0 N–H and O–H groups in total. The number of rotatable bonds is 4. The first-order valence-electron chi connectivity index (χ1n) is 6.88. The van der Waals surface area contributed by atoms with Crippen LogP contribution in [0.15, 0.2) is 41.3 Å². The number of thioether (sulfide) groups is 1. The summed E-state index contributed by atoms with van der Waals surface area (Å²) in [6.45, 7) is 8.25. The van der Waals surface area contributed by atoms with E-state index >= 15 is 0 Å². The van der Waals surface area contributed by atoms with Gasteiger partial charge in [0.05, 0.1) is 0 Å². The second-order valence-electron chi connectivity index (χ2n) is 5.04. The molecule has 0 aliphatic rings. The Bertz CT molecular complexity index is 627. The minimum Gasteiger partial charge on any atom is -0.289 e. The third-order valence-electron chi connectivity index (χ3n) is 3.51. The lowest BCUT2D eigenvalue weighted by Crippen LogP contribution is -2.05. The van der Waals surface area contributed by atoms with Gasteiger partial charge in [-0.1, -0.05) is 13.0 Å². The largest absolute Gasteiger partial charge is 0.289 e. The maximum absolute atomic E-state index is 12.6. The third-order valence-corrected chi connectivity index (χ3v) is 4.41. The van der Waals surface area contributed by atoms with Crippen molar-refractivity contribution in [3.8, 4) is 0 Å². The lowest BCUT2D eigenvalue weighted by Gasteiger charge is -2.09. The molecule has 2 rings (SSSR count). The van der Waals surface area contributed by atoms with Crippen LogP contribution in [0.4, 0.5) is 0 Å². The smallest absolute Gasteiger partial charge is 0.193 e. The van der Waals surface area contributed by atoms with Gasteiger partial charge in [0.15, 0.2) is 5.78 Å². The van der Waals surface area contributed by atoms with Crippen molar-refractivity contribution in [3.63, 3.8) is 0 Å². The van der Waals surface area contributed by atoms with Crippen molar-refractivity contribution in [2.45, 2.75) is 32.6 Å². The van der Waals surface area contributed by atoms with Gasteiger partial charge < -0.3 is 0 Å². The van der Waals surface area contributed by atoms with Gasteiger partial charge in [-0.3, -0.25) is 4.79 Å². The number of hydrogen-bond donors (Lipinski definition) is 0. The van der Waals surface area contributed by atoms with Crippen molar-refractivity contribution < 1.29 is 4.79 Å². The summed E-state index contributed by atoms with van der Waals surface area (Å²) < 4.78 is 0. The first-order chi connectivity index (χ1) is 9.52. The van der Waals surface area contributed by atoms with Crippen LogP contribution in [0.5, 0.6) is 0 Å². The molecule has 0 heterocycles. The zero-order chi connectivity index (χ0) is 14.7. The van der Waals surface area contributed by atoms with Crippen molar-refractivity contribution in [2.75, 3.05) is 5.75 Å². The molecule has 0 atom stereocenters. The second-order valence-corrected chi connectivity index (χ2v) is 6.38. The van der Waals surface area contributed by atoms with Crippen LogP contribution >= 0.6 is 11.8 Å². The number of carbonyl (C=O) groups excluding carboxylic acids is 1. The Balaban J connectivity index is 2.33. The van der Waals surface area contributed by atoms with Gasteiger partial charge in [0.2, 0.25) is 0 Å². The minimum atomic E-state index is 0.110. The third kappa shape index (κ3) is 3.13. The van der Waals surface area contributed by atoms with E-state index in [0.29, 0.717) is 0 Å². The average molecular weight is 284 g/mol. The van der Waals surface area contributed by atoms with Gasteiger partial charge in [0, 0.05) is 16.0 Å². The Morgan fingerprint density at radius 1 is 0.950 bits per heavy atom. The summed E-state index contributed by atoms with van der Waals surface area (Å²) in [5, 5.41) is 0. The van der Waals surface area contributed by atoms with E-state index < -0.39 is 0 Å². The van der Waals surface area contributed by atoms with E-state index in [1.807, 2.05) is 44.2 Å². The van der Waals surface area contributed by atoms with Crippen LogP contribution in [0.2, 0.25) is 0 Å². The lowest BCUT2D eigenvalue weighted by molar-refractivity contribution is 0.103. The van der Waals surface area contributed by atoms with Crippen LogP contribution in [-0.4, -0.2) is 11.5 Å². The molecule has 0 amide bonds. The molecule has 0 bridgehead atoms. The van der Waals surface area contributed by atoms with Gasteiger partial charge in [-0.15, -0.1) is 11.8 Å². The first kappa shape index (κ1) is 14.9. The fourth-order valence-corrected chi connectivity index (χ4v) is 2.89. The summed E-state index contributed by atoms with van der Waals surface area (Å²) in [6.07, 6.45) is 0. The van der Waals surface area contributed by atoms with Gasteiger partial charge in [-0.05, 0) is 73.5 Å². The minimum absolute atomic E-state index is 0.110. The standard InChI is InChI=1S/C18H20OS/c1-5-20-16-8-6-15(7-9-16)18(19)17-11-13(3)12(2)10-14(17)4/h6-11H,5H2,1-4H3. The molecule has 0 saturated heterocycles. The van der Waals surface area contributed by atoms with Crippen LogP contribution in [0, 0.1) is 20.8 Å². The van der Waals surface area contributed by atoms with E-state index in [1.54, 1.807) is 11.8 Å². The topological polar surface area (TPSA) is 17.1 Å². The van der Waals surface area contributed by atoms with Crippen LogP contribution in [0.3, 0.4) is 0 Å². The summed E-state index contributed by atoms with van der Waals surface area (Å²) in [5.41, 5.74) is 5.01. The lowest BCUT2D eigenvalue weighted by atomic mass is 9.95. The highest BCUT2D eigenvalue weighted by molar-refractivity contribution is 7.99. The van der Waals surface area contributed by atoms with Gasteiger partial charge in [0.1, 0.15) is 0 Å². The molecule has 0 saturated carbocycles. The summed E-state index contributed by atoms with van der Waals surface area (Å²) in [6, 6.07) is 12.0. The Morgan fingerprint density at radius 3 is 2.15 bits per heavy atom. The molecule has 2 aromatic carbocycles. The summed E-state index contributed by atoms with van der Waals surface area (Å²) in [5.74, 6) is 1.16. The van der Waals surface area contributed by atoms with E-state index in [9.17, 15) is 4.79 Å². The predicted octanol–water partition coefficient (Wildman–Crippen LogP) is 4.95. The number of aryl methyl sites for hydroxylation is 3. The van der Waals surface area contributed by atoms with Gasteiger partial charge in [0.25, 0.3) is 0 Å². The summed E-state index contributed by atoms with van der Waals surface area (Å²) in [4.78, 5) is 13.8. The fourth-order valence-electron chi connectivity index (χ4n) is 2.23. The molecule has 0 radical (unpaired) electrons. The molecule has 0 aromatic heterocycles. The molecule has 0 spiro atoms. The van der Waals surface area contributed by atoms with Crippen LogP contribution in [-0.2, 0) is 0 Å². The van der Waals surface area contributed by atoms with E-state index in [0.717, 1.165) is 28.0 Å². The Kier molecular flexibility index (Phi) is 4.66. The highest BCUT2D eigenvalue weighted by Gasteiger charge is 2.13. The zero-order valence-corrected chi connectivity index (χ0v) is 13.3. The first-order valence-corrected chi connectivity index (χ1v) is 7.87. The number of carbonyl (C=O) groups is 1.